The molecule has 29 heavy (non-hydrogen) atoms. The first-order chi connectivity index (χ1) is 14.2. The number of carbonyl (C=O) groups excluding carboxylic acids is 2. The first kappa shape index (κ1) is 19.9. The van der Waals surface area contributed by atoms with Crippen LogP contribution in [-0.4, -0.2) is 54.4 Å². The highest BCUT2D eigenvalue weighted by Crippen LogP contribution is 2.28. The lowest BCUT2D eigenvalue weighted by Gasteiger charge is -2.35. The maximum atomic E-state index is 13.0. The fourth-order valence-corrected chi connectivity index (χ4v) is 4.79. The predicted octanol–water partition coefficient (Wildman–Crippen LogP) is 3.19. The highest BCUT2D eigenvalue weighted by molar-refractivity contribution is 7.13. The molecule has 0 saturated carbocycles. The molecule has 0 bridgehead atoms. The summed E-state index contributed by atoms with van der Waals surface area (Å²) in [4.78, 5) is 35.8. The van der Waals surface area contributed by atoms with E-state index in [0.29, 0.717) is 26.1 Å². The number of unbranched alkanes of at least 4 members (excludes halogenated alkanes) is 1. The molecule has 0 aliphatic carbocycles. The van der Waals surface area contributed by atoms with Crippen molar-refractivity contribution in [3.63, 3.8) is 0 Å². The lowest BCUT2D eigenvalue weighted by atomic mass is 10.1. The zero-order valence-corrected chi connectivity index (χ0v) is 17.7. The Morgan fingerprint density at radius 3 is 2.59 bits per heavy atom. The van der Waals surface area contributed by atoms with E-state index in [1.54, 1.807) is 16.2 Å². The minimum atomic E-state index is -0.242. The van der Waals surface area contributed by atoms with E-state index in [2.05, 4.69) is 28.9 Å². The number of nitrogens with zero attached hydrogens (tertiary/aromatic N) is 4. The predicted molar refractivity (Wildman–Crippen MR) is 116 cm³/mol. The number of hydrogen-bond donors (Lipinski definition) is 0. The summed E-state index contributed by atoms with van der Waals surface area (Å²) in [6, 6.07) is 8.24. The molecule has 4 rings (SSSR count). The number of hydrogen-bond acceptors (Lipinski definition) is 5. The van der Waals surface area contributed by atoms with Crippen LogP contribution in [-0.2, 0) is 16.0 Å². The number of aromatic nitrogens is 1. The molecule has 6 nitrogen and oxygen atoms in total. The van der Waals surface area contributed by atoms with E-state index in [-0.39, 0.29) is 17.7 Å². The summed E-state index contributed by atoms with van der Waals surface area (Å²) >= 11 is 1.63. The maximum absolute atomic E-state index is 13.0. The van der Waals surface area contributed by atoms with Crippen LogP contribution in [0.25, 0.3) is 0 Å². The van der Waals surface area contributed by atoms with Crippen molar-refractivity contribution in [3.8, 4) is 0 Å². The number of benzene rings is 1. The molecule has 1 atom stereocenters. The van der Waals surface area contributed by atoms with E-state index in [9.17, 15) is 9.59 Å². The number of rotatable bonds is 6. The van der Waals surface area contributed by atoms with Gasteiger partial charge in [-0.2, -0.15) is 0 Å². The molecule has 0 spiro atoms. The number of anilines is 2. The first-order valence-corrected chi connectivity index (χ1v) is 11.4. The molecule has 7 heteroatoms. The summed E-state index contributed by atoms with van der Waals surface area (Å²) in [5, 5.41) is 2.99. The second-order valence-electron chi connectivity index (χ2n) is 7.80. The van der Waals surface area contributed by atoms with Gasteiger partial charge in [0.2, 0.25) is 11.8 Å². The molecule has 0 unspecified atom stereocenters. The van der Waals surface area contributed by atoms with Gasteiger partial charge in [-0.3, -0.25) is 9.59 Å². The van der Waals surface area contributed by atoms with E-state index in [0.717, 1.165) is 30.3 Å². The Bertz CT molecular complexity index is 829. The number of thiazole rings is 1. The number of piperazine rings is 1. The summed E-state index contributed by atoms with van der Waals surface area (Å²) in [5.74, 6) is -0.0843. The molecule has 0 radical (unpaired) electrons. The van der Waals surface area contributed by atoms with Crippen molar-refractivity contribution in [2.75, 3.05) is 42.5 Å². The van der Waals surface area contributed by atoms with Gasteiger partial charge in [0.05, 0.1) is 5.92 Å². The Kier molecular flexibility index (Phi) is 6.13. The fourth-order valence-electron chi connectivity index (χ4n) is 4.09. The zero-order chi connectivity index (χ0) is 20.2. The number of aryl methyl sites for hydroxylation is 1. The van der Waals surface area contributed by atoms with Crippen molar-refractivity contribution >= 4 is 34.0 Å². The molecule has 2 aliphatic heterocycles. The first-order valence-electron chi connectivity index (χ1n) is 10.5. The van der Waals surface area contributed by atoms with Gasteiger partial charge in [-0.1, -0.05) is 25.5 Å². The molecule has 2 amide bonds. The van der Waals surface area contributed by atoms with Crippen LogP contribution in [0.5, 0.6) is 0 Å². The normalized spacial score (nSPS) is 19.8. The molecule has 154 valence electrons. The highest BCUT2D eigenvalue weighted by atomic mass is 32.1. The van der Waals surface area contributed by atoms with E-state index in [4.69, 9.17) is 0 Å². The Balaban J connectivity index is 1.33. The van der Waals surface area contributed by atoms with Crippen molar-refractivity contribution in [2.24, 2.45) is 5.92 Å². The molecule has 1 aromatic heterocycles. The summed E-state index contributed by atoms with van der Waals surface area (Å²) in [5.41, 5.74) is 2.20. The SMILES string of the molecule is CCCCc1ccc(N2C[C@H](C(=O)N3CCN(c4nccs4)CC3)CC2=O)cc1. The standard InChI is InChI=1S/C22H28N4O2S/c1-2-3-4-17-5-7-19(8-6-17)26-16-18(15-20(26)27)21(28)24-10-12-25(13-11-24)22-23-9-14-29-22/h5-9,14,18H,2-4,10-13,15-16H2,1H3/t18-/m1/s1. The Hall–Kier alpha value is -2.41. The quantitative estimate of drug-likeness (QED) is 0.731. The summed E-state index contributed by atoms with van der Waals surface area (Å²) < 4.78 is 0. The minimum Gasteiger partial charge on any atom is -0.345 e. The van der Waals surface area contributed by atoms with Crippen molar-refractivity contribution in [2.45, 2.75) is 32.6 Å². The van der Waals surface area contributed by atoms with Crippen LogP contribution in [0.1, 0.15) is 31.7 Å². The summed E-state index contributed by atoms with van der Waals surface area (Å²) in [6.07, 6.45) is 5.54. The van der Waals surface area contributed by atoms with Crippen LogP contribution in [0.3, 0.4) is 0 Å². The van der Waals surface area contributed by atoms with Gasteiger partial charge in [-0.25, -0.2) is 4.98 Å². The van der Waals surface area contributed by atoms with Gasteiger partial charge in [-0.15, -0.1) is 11.3 Å². The molecule has 2 saturated heterocycles. The van der Waals surface area contributed by atoms with E-state index in [1.807, 2.05) is 28.6 Å². The van der Waals surface area contributed by atoms with Crippen LogP contribution in [0, 0.1) is 5.92 Å². The lowest BCUT2D eigenvalue weighted by molar-refractivity contribution is -0.136. The highest BCUT2D eigenvalue weighted by Gasteiger charge is 2.38. The largest absolute Gasteiger partial charge is 0.345 e. The molecule has 0 N–H and O–H groups in total. The van der Waals surface area contributed by atoms with Crippen molar-refractivity contribution < 1.29 is 9.59 Å². The third-order valence-electron chi connectivity index (χ3n) is 5.82. The van der Waals surface area contributed by atoms with Crippen LogP contribution in [0.15, 0.2) is 35.8 Å². The summed E-state index contributed by atoms with van der Waals surface area (Å²) in [6.45, 7) is 5.64. The van der Waals surface area contributed by atoms with E-state index >= 15 is 0 Å². The Labute approximate surface area is 176 Å². The van der Waals surface area contributed by atoms with Crippen LogP contribution >= 0.6 is 11.3 Å². The average Bonchev–Trinajstić information content (AvgIpc) is 3.42. The topological polar surface area (TPSA) is 56.8 Å². The van der Waals surface area contributed by atoms with Crippen LogP contribution in [0.4, 0.5) is 10.8 Å². The molecule has 2 fully saturated rings. The van der Waals surface area contributed by atoms with Crippen molar-refractivity contribution in [1.29, 1.82) is 0 Å². The van der Waals surface area contributed by atoms with Crippen molar-refractivity contribution in [3.05, 3.63) is 41.4 Å². The Morgan fingerprint density at radius 2 is 1.93 bits per heavy atom. The minimum absolute atomic E-state index is 0.0473. The maximum Gasteiger partial charge on any atom is 0.228 e. The number of amides is 2. The zero-order valence-electron chi connectivity index (χ0n) is 16.9. The number of carbonyl (C=O) groups is 2. The van der Waals surface area contributed by atoms with Gasteiger partial charge in [0.15, 0.2) is 5.13 Å². The molecular formula is C22H28N4O2S. The smallest absolute Gasteiger partial charge is 0.228 e. The molecule has 2 aromatic rings. The molecule has 3 heterocycles. The second-order valence-corrected chi connectivity index (χ2v) is 8.68. The third-order valence-corrected chi connectivity index (χ3v) is 6.65. The molecular weight excluding hydrogens is 384 g/mol. The van der Waals surface area contributed by atoms with Gasteiger partial charge in [0.1, 0.15) is 0 Å². The van der Waals surface area contributed by atoms with Gasteiger partial charge >= 0.3 is 0 Å². The fraction of sp³-hybridized carbons (Fsp3) is 0.500. The average molecular weight is 413 g/mol. The third kappa shape index (κ3) is 4.45. The molecule has 2 aliphatic rings. The van der Waals surface area contributed by atoms with E-state index in [1.165, 1.54) is 18.4 Å². The van der Waals surface area contributed by atoms with Crippen LogP contribution in [0.2, 0.25) is 0 Å². The second kappa shape index (κ2) is 8.95. The van der Waals surface area contributed by atoms with Gasteiger partial charge < -0.3 is 14.7 Å². The van der Waals surface area contributed by atoms with E-state index < -0.39 is 0 Å². The monoisotopic (exact) mass is 412 g/mol. The van der Waals surface area contributed by atoms with Gasteiger partial charge in [0.25, 0.3) is 0 Å². The Morgan fingerprint density at radius 1 is 1.17 bits per heavy atom. The van der Waals surface area contributed by atoms with Crippen molar-refractivity contribution in [1.82, 2.24) is 9.88 Å². The molecule has 1 aromatic carbocycles. The lowest BCUT2D eigenvalue weighted by Crippen LogP contribution is -2.50. The summed E-state index contributed by atoms with van der Waals surface area (Å²) in [7, 11) is 0. The van der Waals surface area contributed by atoms with Gasteiger partial charge in [0, 0.05) is 56.4 Å². The van der Waals surface area contributed by atoms with Gasteiger partial charge in [-0.05, 0) is 30.5 Å². The van der Waals surface area contributed by atoms with Crippen LogP contribution < -0.4 is 9.80 Å².